The number of hydrazine groups is 1. The number of nitrogens with one attached hydrogen (secondary N) is 2. The molecule has 0 aliphatic carbocycles. The second kappa shape index (κ2) is 3.34. The zero-order chi connectivity index (χ0) is 10.3. The Hall–Kier alpha value is -1.36. The maximum atomic E-state index is 5.77. The molecule has 2 aromatic rings. The van der Waals surface area contributed by atoms with Crippen LogP contribution < -0.4 is 16.6 Å². The van der Waals surface area contributed by atoms with Gasteiger partial charge in [-0.3, -0.25) is 0 Å². The van der Waals surface area contributed by atoms with Crippen molar-refractivity contribution in [2.24, 2.45) is 5.73 Å². The zero-order valence-corrected chi connectivity index (χ0v) is 8.23. The zero-order valence-electron chi connectivity index (χ0n) is 8.23. The fourth-order valence-corrected chi connectivity index (χ4v) is 2.05. The third kappa shape index (κ3) is 1.43. The lowest BCUT2D eigenvalue weighted by Gasteiger charge is -2.05. The van der Waals surface area contributed by atoms with Crippen LogP contribution in [-0.2, 0) is 0 Å². The van der Waals surface area contributed by atoms with Crippen molar-refractivity contribution < 1.29 is 4.42 Å². The topological polar surface area (TPSA) is 63.2 Å². The van der Waals surface area contributed by atoms with E-state index in [-0.39, 0.29) is 12.2 Å². The van der Waals surface area contributed by atoms with E-state index in [1.165, 1.54) is 5.56 Å². The van der Waals surface area contributed by atoms with Crippen molar-refractivity contribution in [1.82, 2.24) is 10.9 Å². The van der Waals surface area contributed by atoms with Crippen molar-refractivity contribution in [3.05, 3.63) is 36.1 Å². The molecule has 1 aromatic heterocycles. The van der Waals surface area contributed by atoms with Crippen molar-refractivity contribution in [3.8, 4) is 0 Å². The van der Waals surface area contributed by atoms with Gasteiger partial charge in [0.15, 0.2) is 0 Å². The number of furan rings is 1. The van der Waals surface area contributed by atoms with Crippen molar-refractivity contribution in [2.75, 3.05) is 0 Å². The molecule has 15 heavy (non-hydrogen) atoms. The smallest absolute Gasteiger partial charge is 0.134 e. The maximum Gasteiger partial charge on any atom is 0.134 e. The normalized spacial score (nSPS) is 26.2. The molecule has 2 atom stereocenters. The standard InChI is InChI=1S/C11H13N3O/c12-11-5-9(13-14-11)8-6-15-10-4-2-1-3-7(8)10/h1-4,6,9,11,13-14H,5,12H2. The molecule has 1 aromatic carbocycles. The summed E-state index contributed by atoms with van der Waals surface area (Å²) in [6.07, 6.45) is 2.70. The molecular weight excluding hydrogens is 190 g/mol. The van der Waals surface area contributed by atoms with Crippen LogP contribution in [0.5, 0.6) is 0 Å². The highest BCUT2D eigenvalue weighted by Crippen LogP contribution is 2.29. The number of rotatable bonds is 1. The first-order valence-electron chi connectivity index (χ1n) is 5.07. The van der Waals surface area contributed by atoms with E-state index >= 15 is 0 Å². The summed E-state index contributed by atoms with van der Waals surface area (Å²) in [5, 5.41) is 1.16. The lowest BCUT2D eigenvalue weighted by atomic mass is 10.0. The largest absolute Gasteiger partial charge is 0.464 e. The highest BCUT2D eigenvalue weighted by Gasteiger charge is 2.24. The minimum absolute atomic E-state index is 0.0173. The molecule has 0 radical (unpaired) electrons. The van der Waals surface area contributed by atoms with Gasteiger partial charge in [-0.05, 0) is 12.5 Å². The first-order valence-corrected chi connectivity index (χ1v) is 5.07. The van der Waals surface area contributed by atoms with Gasteiger partial charge in [-0.1, -0.05) is 18.2 Å². The summed E-state index contributed by atoms with van der Waals surface area (Å²) in [5.74, 6) is 0. The van der Waals surface area contributed by atoms with Crippen LogP contribution in [0.3, 0.4) is 0 Å². The fraction of sp³-hybridized carbons (Fsp3) is 0.273. The van der Waals surface area contributed by atoms with Gasteiger partial charge in [0, 0.05) is 10.9 Å². The number of fused-ring (bicyclic) bond motifs is 1. The molecule has 3 rings (SSSR count). The fourth-order valence-electron chi connectivity index (χ4n) is 2.05. The summed E-state index contributed by atoms with van der Waals surface area (Å²) < 4.78 is 5.49. The van der Waals surface area contributed by atoms with E-state index in [1.54, 1.807) is 0 Å². The molecule has 2 unspecified atom stereocenters. The molecule has 1 fully saturated rings. The van der Waals surface area contributed by atoms with E-state index in [0.717, 1.165) is 17.4 Å². The molecule has 1 aliphatic heterocycles. The van der Waals surface area contributed by atoms with Crippen molar-refractivity contribution in [3.63, 3.8) is 0 Å². The predicted molar refractivity (Wildman–Crippen MR) is 57.8 cm³/mol. The molecule has 0 spiro atoms. The highest BCUT2D eigenvalue weighted by molar-refractivity contribution is 5.81. The van der Waals surface area contributed by atoms with E-state index in [1.807, 2.05) is 24.5 Å². The molecule has 4 N–H and O–H groups in total. The van der Waals surface area contributed by atoms with Gasteiger partial charge in [0.1, 0.15) is 5.58 Å². The second-order valence-electron chi connectivity index (χ2n) is 3.87. The minimum Gasteiger partial charge on any atom is -0.464 e. The van der Waals surface area contributed by atoms with Crippen molar-refractivity contribution in [1.29, 1.82) is 0 Å². The third-order valence-corrected chi connectivity index (χ3v) is 2.82. The van der Waals surface area contributed by atoms with Crippen molar-refractivity contribution >= 4 is 11.0 Å². The van der Waals surface area contributed by atoms with E-state index in [2.05, 4.69) is 16.9 Å². The molecule has 4 heteroatoms. The van der Waals surface area contributed by atoms with Crippen LogP contribution in [0.2, 0.25) is 0 Å². The molecular formula is C11H13N3O. The van der Waals surface area contributed by atoms with Gasteiger partial charge in [0.2, 0.25) is 0 Å². The summed E-state index contributed by atoms with van der Waals surface area (Å²) in [5.41, 5.74) is 14.0. The lowest BCUT2D eigenvalue weighted by Crippen LogP contribution is -2.36. The molecule has 2 heterocycles. The molecule has 0 bridgehead atoms. The van der Waals surface area contributed by atoms with Gasteiger partial charge in [0.05, 0.1) is 18.5 Å². The predicted octanol–water partition coefficient (Wildman–Crippen LogP) is 1.26. The van der Waals surface area contributed by atoms with Crippen molar-refractivity contribution in [2.45, 2.75) is 18.6 Å². The van der Waals surface area contributed by atoms with Gasteiger partial charge in [-0.15, -0.1) is 0 Å². The van der Waals surface area contributed by atoms with Crippen LogP contribution in [0.4, 0.5) is 0 Å². The summed E-state index contributed by atoms with van der Waals surface area (Å²) in [7, 11) is 0. The van der Waals surface area contributed by atoms with Crippen LogP contribution in [-0.4, -0.2) is 6.17 Å². The number of hydrogen-bond donors (Lipinski definition) is 3. The number of benzene rings is 1. The van der Waals surface area contributed by atoms with Crippen LogP contribution in [0.15, 0.2) is 34.9 Å². The number of nitrogens with two attached hydrogens (primary N) is 1. The monoisotopic (exact) mass is 203 g/mol. The van der Waals surface area contributed by atoms with E-state index in [9.17, 15) is 0 Å². The third-order valence-electron chi connectivity index (χ3n) is 2.82. The number of hydrogen-bond acceptors (Lipinski definition) is 4. The maximum absolute atomic E-state index is 5.77. The van der Waals surface area contributed by atoms with Crippen LogP contribution in [0.25, 0.3) is 11.0 Å². The number of para-hydroxylation sites is 1. The van der Waals surface area contributed by atoms with E-state index in [0.29, 0.717) is 0 Å². The summed E-state index contributed by atoms with van der Waals surface area (Å²) in [6.45, 7) is 0. The summed E-state index contributed by atoms with van der Waals surface area (Å²) in [6, 6.07) is 8.27. The van der Waals surface area contributed by atoms with Crippen LogP contribution >= 0.6 is 0 Å². The summed E-state index contributed by atoms with van der Waals surface area (Å²) >= 11 is 0. The van der Waals surface area contributed by atoms with Gasteiger partial charge in [0.25, 0.3) is 0 Å². The molecule has 1 saturated heterocycles. The Labute approximate surface area is 87.4 Å². The minimum atomic E-state index is 0.0173. The highest BCUT2D eigenvalue weighted by atomic mass is 16.3. The first kappa shape index (κ1) is 8.91. The second-order valence-corrected chi connectivity index (χ2v) is 3.87. The molecule has 4 nitrogen and oxygen atoms in total. The first-order chi connectivity index (χ1) is 7.34. The Morgan fingerprint density at radius 2 is 2.13 bits per heavy atom. The Kier molecular flexibility index (Phi) is 1.98. The van der Waals surface area contributed by atoms with Gasteiger partial charge in [-0.25, -0.2) is 10.9 Å². The average Bonchev–Trinajstić information content (AvgIpc) is 2.83. The summed E-state index contributed by atoms with van der Waals surface area (Å²) in [4.78, 5) is 0. The lowest BCUT2D eigenvalue weighted by molar-refractivity contribution is 0.545. The van der Waals surface area contributed by atoms with E-state index in [4.69, 9.17) is 10.2 Å². The average molecular weight is 203 g/mol. The van der Waals surface area contributed by atoms with Crippen LogP contribution in [0.1, 0.15) is 18.0 Å². The van der Waals surface area contributed by atoms with E-state index < -0.39 is 0 Å². The molecule has 0 saturated carbocycles. The Balaban J connectivity index is 2.04. The van der Waals surface area contributed by atoms with Gasteiger partial charge >= 0.3 is 0 Å². The molecule has 78 valence electrons. The Morgan fingerprint density at radius 3 is 2.93 bits per heavy atom. The molecule has 1 aliphatic rings. The van der Waals surface area contributed by atoms with Gasteiger partial charge in [-0.2, -0.15) is 0 Å². The Morgan fingerprint density at radius 1 is 1.27 bits per heavy atom. The molecule has 0 amide bonds. The quantitative estimate of drug-likeness (QED) is 0.653. The van der Waals surface area contributed by atoms with Crippen LogP contribution in [0, 0.1) is 0 Å². The van der Waals surface area contributed by atoms with Gasteiger partial charge < -0.3 is 10.2 Å². The Bertz CT molecular complexity index is 479. The SMILES string of the molecule is NC1CC(c2coc3ccccc23)NN1.